The van der Waals surface area contributed by atoms with Crippen molar-refractivity contribution >= 4 is 10.8 Å². The molecule has 0 aromatic carbocycles. The predicted octanol–water partition coefficient (Wildman–Crippen LogP) is 1.17. The minimum absolute atomic E-state index is 0.0322. The van der Waals surface area contributed by atoms with Gasteiger partial charge in [0.25, 0.3) is 0 Å². The number of allylic oxidation sites excluding steroid dienone is 1. The van der Waals surface area contributed by atoms with Gasteiger partial charge in [0, 0.05) is 33.4 Å². The zero-order chi connectivity index (χ0) is 9.35. The van der Waals surface area contributed by atoms with E-state index in [-0.39, 0.29) is 11.5 Å². The van der Waals surface area contributed by atoms with Gasteiger partial charge in [0.15, 0.2) is 0 Å². The summed E-state index contributed by atoms with van der Waals surface area (Å²) in [5.74, 6) is 0. The van der Waals surface area contributed by atoms with E-state index in [0.29, 0.717) is 0 Å². The van der Waals surface area contributed by atoms with E-state index in [9.17, 15) is 4.21 Å². The molecule has 0 aromatic rings. The third-order valence-corrected chi connectivity index (χ3v) is 3.09. The first kappa shape index (κ1) is 9.68. The third kappa shape index (κ3) is 1.84. The largest absolute Gasteiger partial charge is 0.324 e. The third-order valence-electron chi connectivity index (χ3n) is 2.17. The molecule has 1 rings (SSSR count). The molecule has 1 aliphatic rings. The Bertz CT molecular complexity index is 266. The van der Waals surface area contributed by atoms with Gasteiger partial charge in [0.2, 0.25) is 0 Å². The van der Waals surface area contributed by atoms with Crippen LogP contribution in [0.5, 0.6) is 0 Å². The van der Waals surface area contributed by atoms with Crippen LogP contribution in [-0.2, 0) is 10.8 Å². The average molecular weight is 185 g/mol. The summed E-state index contributed by atoms with van der Waals surface area (Å²) in [6.07, 6.45) is 7.44. The summed E-state index contributed by atoms with van der Waals surface area (Å²) >= 11 is 0. The molecule has 1 aliphatic carbocycles. The molecule has 0 aromatic heterocycles. The van der Waals surface area contributed by atoms with Crippen LogP contribution in [0.25, 0.3) is 0 Å². The Balaban J connectivity index is 2.97. The molecule has 0 radical (unpaired) electrons. The first-order chi connectivity index (χ1) is 5.43. The minimum Gasteiger partial charge on any atom is -0.324 e. The highest BCUT2D eigenvalue weighted by Gasteiger charge is 2.25. The van der Waals surface area contributed by atoms with Crippen LogP contribution >= 0.6 is 0 Å². The van der Waals surface area contributed by atoms with Crippen LogP contribution in [0.2, 0.25) is 0 Å². The first-order valence-electron chi connectivity index (χ1n) is 3.93. The molecule has 2 unspecified atom stereocenters. The maximum absolute atomic E-state index is 11.1. The van der Waals surface area contributed by atoms with Gasteiger partial charge in [-0.3, -0.25) is 4.21 Å². The SMILES string of the molecule is CS(=O)C1=CC(C)(C)C(N)C=C1. The maximum Gasteiger partial charge on any atom is 0.0494 e. The van der Waals surface area contributed by atoms with E-state index in [1.165, 1.54) is 0 Å². The average Bonchev–Trinajstić information content (AvgIpc) is 1.94. The van der Waals surface area contributed by atoms with Gasteiger partial charge in [-0.25, -0.2) is 0 Å². The zero-order valence-corrected chi connectivity index (χ0v) is 8.52. The molecule has 0 heterocycles. The smallest absolute Gasteiger partial charge is 0.0494 e. The molecule has 0 amide bonds. The normalized spacial score (nSPS) is 29.7. The van der Waals surface area contributed by atoms with Gasteiger partial charge >= 0.3 is 0 Å². The van der Waals surface area contributed by atoms with E-state index in [1.54, 1.807) is 6.26 Å². The van der Waals surface area contributed by atoms with Crippen LogP contribution in [0, 0.1) is 5.41 Å². The fourth-order valence-electron chi connectivity index (χ4n) is 1.14. The molecule has 0 spiro atoms. The molecule has 68 valence electrons. The standard InChI is InChI=1S/C9H15NOS/c1-9(2)6-7(12(3)11)4-5-8(9)10/h4-6,8H,10H2,1-3H3. The van der Waals surface area contributed by atoms with Crippen LogP contribution in [0.1, 0.15) is 13.8 Å². The topological polar surface area (TPSA) is 43.1 Å². The van der Waals surface area contributed by atoms with Gasteiger partial charge in [0.05, 0.1) is 0 Å². The Hall–Kier alpha value is -0.410. The highest BCUT2D eigenvalue weighted by atomic mass is 32.2. The Morgan fingerprint density at radius 2 is 2.17 bits per heavy atom. The van der Waals surface area contributed by atoms with Gasteiger partial charge < -0.3 is 5.73 Å². The molecular formula is C9H15NOS. The van der Waals surface area contributed by atoms with Crippen molar-refractivity contribution in [3.05, 3.63) is 23.1 Å². The molecule has 0 aliphatic heterocycles. The van der Waals surface area contributed by atoms with E-state index in [1.807, 2.05) is 32.1 Å². The molecule has 2 atom stereocenters. The molecule has 12 heavy (non-hydrogen) atoms. The highest BCUT2D eigenvalue weighted by Crippen LogP contribution is 2.28. The van der Waals surface area contributed by atoms with Gasteiger partial charge in [-0.05, 0) is 6.08 Å². The van der Waals surface area contributed by atoms with E-state index in [0.717, 1.165) is 4.91 Å². The van der Waals surface area contributed by atoms with Crippen LogP contribution in [0.4, 0.5) is 0 Å². The molecule has 0 saturated carbocycles. The van der Waals surface area contributed by atoms with Crippen LogP contribution in [0.15, 0.2) is 23.1 Å². The number of hydrogen-bond donors (Lipinski definition) is 1. The molecule has 0 fully saturated rings. The molecule has 0 bridgehead atoms. The molecule has 2 nitrogen and oxygen atoms in total. The zero-order valence-electron chi connectivity index (χ0n) is 7.70. The van der Waals surface area contributed by atoms with Crippen molar-refractivity contribution in [2.75, 3.05) is 6.26 Å². The summed E-state index contributed by atoms with van der Waals surface area (Å²) in [6, 6.07) is 0.0322. The summed E-state index contributed by atoms with van der Waals surface area (Å²) in [5.41, 5.74) is 5.77. The van der Waals surface area contributed by atoms with Crippen molar-refractivity contribution in [1.29, 1.82) is 0 Å². The lowest BCUT2D eigenvalue weighted by molar-refractivity contribution is 0.419. The Morgan fingerprint density at radius 3 is 2.58 bits per heavy atom. The number of rotatable bonds is 1. The Labute approximate surface area is 76.0 Å². The minimum atomic E-state index is -0.895. The highest BCUT2D eigenvalue weighted by molar-refractivity contribution is 7.88. The van der Waals surface area contributed by atoms with Gasteiger partial charge in [-0.15, -0.1) is 0 Å². The van der Waals surface area contributed by atoms with Crippen molar-refractivity contribution in [1.82, 2.24) is 0 Å². The first-order valence-corrected chi connectivity index (χ1v) is 5.49. The lowest BCUT2D eigenvalue weighted by Gasteiger charge is -2.29. The Kier molecular flexibility index (Phi) is 2.54. The fourth-order valence-corrected chi connectivity index (χ4v) is 1.88. The molecule has 0 saturated heterocycles. The van der Waals surface area contributed by atoms with E-state index >= 15 is 0 Å². The van der Waals surface area contributed by atoms with Crippen molar-refractivity contribution in [3.63, 3.8) is 0 Å². The van der Waals surface area contributed by atoms with Gasteiger partial charge in [0.1, 0.15) is 0 Å². The lowest BCUT2D eigenvalue weighted by atomic mass is 9.82. The summed E-state index contributed by atoms with van der Waals surface area (Å²) in [4.78, 5) is 0.877. The second-order valence-corrected chi connectivity index (χ2v) is 5.09. The monoisotopic (exact) mass is 185 g/mol. The quantitative estimate of drug-likeness (QED) is 0.666. The van der Waals surface area contributed by atoms with Gasteiger partial charge in [-0.2, -0.15) is 0 Å². The van der Waals surface area contributed by atoms with Crippen LogP contribution in [-0.4, -0.2) is 16.5 Å². The van der Waals surface area contributed by atoms with E-state index < -0.39 is 10.8 Å². The Morgan fingerprint density at radius 1 is 1.58 bits per heavy atom. The van der Waals surface area contributed by atoms with E-state index in [4.69, 9.17) is 5.73 Å². The van der Waals surface area contributed by atoms with Gasteiger partial charge in [-0.1, -0.05) is 26.0 Å². The predicted molar refractivity (Wildman–Crippen MR) is 53.0 cm³/mol. The lowest BCUT2D eigenvalue weighted by Crippen LogP contribution is -2.36. The van der Waals surface area contributed by atoms with Crippen LogP contribution < -0.4 is 5.73 Å². The summed E-state index contributed by atoms with van der Waals surface area (Å²) < 4.78 is 11.1. The molecular weight excluding hydrogens is 170 g/mol. The maximum atomic E-state index is 11.1. The fraction of sp³-hybridized carbons (Fsp3) is 0.556. The van der Waals surface area contributed by atoms with Crippen molar-refractivity contribution < 1.29 is 4.21 Å². The molecule has 3 heteroatoms. The van der Waals surface area contributed by atoms with Crippen molar-refractivity contribution in [3.8, 4) is 0 Å². The molecule has 2 N–H and O–H groups in total. The van der Waals surface area contributed by atoms with Crippen molar-refractivity contribution in [2.24, 2.45) is 11.1 Å². The number of nitrogens with two attached hydrogens (primary N) is 1. The van der Waals surface area contributed by atoms with Crippen LogP contribution in [0.3, 0.4) is 0 Å². The summed E-state index contributed by atoms with van der Waals surface area (Å²) in [6.45, 7) is 4.10. The van der Waals surface area contributed by atoms with Crippen molar-refractivity contribution in [2.45, 2.75) is 19.9 Å². The second-order valence-electron chi connectivity index (χ2n) is 3.71. The summed E-state index contributed by atoms with van der Waals surface area (Å²) in [5, 5.41) is 0. The summed E-state index contributed by atoms with van der Waals surface area (Å²) in [7, 11) is -0.895. The van der Waals surface area contributed by atoms with E-state index in [2.05, 4.69) is 0 Å². The second kappa shape index (κ2) is 3.15. The number of hydrogen-bond acceptors (Lipinski definition) is 2.